The SMILES string of the molecule is CC1=C(OC(=O)O)N2C(=O)C(NC(=O)c3ccc(C)cc3)[C@@H]2S(=O)(=O)C1. The molecule has 0 aliphatic carbocycles. The zero-order valence-electron chi connectivity index (χ0n) is 13.9. The van der Waals surface area contributed by atoms with Crippen LogP contribution in [0.4, 0.5) is 4.79 Å². The number of aryl methyl sites for hydroxylation is 1. The molecule has 10 heteroatoms. The summed E-state index contributed by atoms with van der Waals surface area (Å²) in [5, 5.41) is 9.82. The largest absolute Gasteiger partial charge is 0.512 e. The third-order valence-corrected chi connectivity index (χ3v) is 6.25. The molecule has 138 valence electrons. The molecule has 2 heterocycles. The number of carbonyl (C=O) groups is 3. The van der Waals surface area contributed by atoms with Gasteiger partial charge in [0.2, 0.25) is 5.88 Å². The molecule has 2 amide bonds. The normalized spacial score (nSPS) is 23.8. The summed E-state index contributed by atoms with van der Waals surface area (Å²) in [5.41, 5.74) is 1.34. The van der Waals surface area contributed by atoms with Crippen LogP contribution in [0.25, 0.3) is 0 Å². The van der Waals surface area contributed by atoms with Gasteiger partial charge in [0, 0.05) is 11.1 Å². The average Bonchev–Trinajstić information content (AvgIpc) is 2.54. The number of hydrogen-bond acceptors (Lipinski definition) is 6. The lowest BCUT2D eigenvalue weighted by Gasteiger charge is -2.48. The van der Waals surface area contributed by atoms with Crippen molar-refractivity contribution in [2.24, 2.45) is 0 Å². The van der Waals surface area contributed by atoms with Gasteiger partial charge in [0.25, 0.3) is 11.8 Å². The molecule has 0 spiro atoms. The molecule has 1 aromatic rings. The lowest BCUT2D eigenvalue weighted by Crippen LogP contribution is -2.74. The fourth-order valence-corrected chi connectivity index (χ4v) is 5.00. The molecule has 0 radical (unpaired) electrons. The number of hydrogen-bond donors (Lipinski definition) is 2. The van der Waals surface area contributed by atoms with E-state index < -0.39 is 45.0 Å². The molecule has 0 saturated carbocycles. The molecule has 1 aromatic carbocycles. The van der Waals surface area contributed by atoms with Crippen LogP contribution < -0.4 is 5.32 Å². The molecule has 2 N–H and O–H groups in total. The number of fused-ring (bicyclic) bond motifs is 1. The third kappa shape index (κ3) is 2.92. The highest BCUT2D eigenvalue weighted by Crippen LogP contribution is 2.37. The van der Waals surface area contributed by atoms with Crippen LogP contribution in [0.5, 0.6) is 0 Å². The Hall–Kier alpha value is -2.88. The molecular weight excluding hydrogens is 364 g/mol. The van der Waals surface area contributed by atoms with Crippen LogP contribution in [0.2, 0.25) is 0 Å². The van der Waals surface area contributed by atoms with Crippen LogP contribution in [0.1, 0.15) is 22.8 Å². The number of rotatable bonds is 3. The lowest BCUT2D eigenvalue weighted by molar-refractivity contribution is -0.146. The highest BCUT2D eigenvalue weighted by atomic mass is 32.2. The fraction of sp³-hybridized carbons (Fsp3) is 0.312. The van der Waals surface area contributed by atoms with E-state index in [9.17, 15) is 22.8 Å². The Kier molecular flexibility index (Phi) is 4.23. The number of nitrogens with one attached hydrogen (secondary N) is 1. The maximum absolute atomic E-state index is 12.4. The number of carboxylic acid groups (broad SMARTS) is 1. The minimum absolute atomic E-state index is 0.111. The van der Waals surface area contributed by atoms with Crippen molar-refractivity contribution in [3.8, 4) is 0 Å². The van der Waals surface area contributed by atoms with E-state index in [1.54, 1.807) is 24.3 Å². The first-order valence-electron chi connectivity index (χ1n) is 7.64. The van der Waals surface area contributed by atoms with Gasteiger partial charge in [0.1, 0.15) is 6.04 Å². The van der Waals surface area contributed by atoms with E-state index in [1.807, 2.05) is 6.92 Å². The van der Waals surface area contributed by atoms with Gasteiger partial charge in [0.05, 0.1) is 5.75 Å². The second-order valence-corrected chi connectivity index (χ2v) is 8.27. The van der Waals surface area contributed by atoms with E-state index in [0.29, 0.717) is 0 Å². The molecule has 9 nitrogen and oxygen atoms in total. The summed E-state index contributed by atoms with van der Waals surface area (Å²) in [4.78, 5) is 36.3. The van der Waals surface area contributed by atoms with Crippen LogP contribution in [0.3, 0.4) is 0 Å². The van der Waals surface area contributed by atoms with E-state index in [0.717, 1.165) is 10.5 Å². The molecule has 3 rings (SSSR count). The van der Waals surface area contributed by atoms with Crippen LogP contribution in [-0.4, -0.2) is 53.6 Å². The number of nitrogens with zero attached hydrogens (tertiary/aromatic N) is 1. The maximum atomic E-state index is 12.4. The van der Waals surface area contributed by atoms with E-state index in [1.165, 1.54) is 6.92 Å². The van der Waals surface area contributed by atoms with E-state index in [4.69, 9.17) is 5.11 Å². The second kappa shape index (κ2) is 6.13. The first-order chi connectivity index (χ1) is 12.1. The van der Waals surface area contributed by atoms with Crippen molar-refractivity contribution in [3.05, 3.63) is 46.8 Å². The van der Waals surface area contributed by atoms with Crippen molar-refractivity contribution >= 4 is 27.8 Å². The Morgan fingerprint density at radius 2 is 1.85 bits per heavy atom. The quantitative estimate of drug-likeness (QED) is 0.580. The van der Waals surface area contributed by atoms with Crippen molar-refractivity contribution in [2.75, 3.05) is 5.75 Å². The number of carbonyl (C=O) groups excluding carboxylic acids is 2. The van der Waals surface area contributed by atoms with Gasteiger partial charge in [-0.2, -0.15) is 0 Å². The number of amides is 2. The minimum Gasteiger partial charge on any atom is -0.449 e. The molecule has 1 unspecified atom stereocenters. The van der Waals surface area contributed by atoms with Crippen molar-refractivity contribution in [3.63, 3.8) is 0 Å². The van der Waals surface area contributed by atoms with Gasteiger partial charge in [-0.25, -0.2) is 13.2 Å². The molecule has 26 heavy (non-hydrogen) atoms. The topological polar surface area (TPSA) is 130 Å². The number of sulfone groups is 1. The summed E-state index contributed by atoms with van der Waals surface area (Å²) in [6.45, 7) is 3.22. The molecular formula is C16H16N2O7S. The van der Waals surface area contributed by atoms with Gasteiger partial charge < -0.3 is 15.2 Å². The summed E-state index contributed by atoms with van der Waals surface area (Å²) in [6.07, 6.45) is -1.66. The van der Waals surface area contributed by atoms with Crippen molar-refractivity contribution in [1.29, 1.82) is 0 Å². The first kappa shape index (κ1) is 17.9. The fourth-order valence-electron chi connectivity index (χ4n) is 2.98. The molecule has 0 bridgehead atoms. The van der Waals surface area contributed by atoms with Crippen molar-refractivity contribution in [1.82, 2.24) is 10.2 Å². The van der Waals surface area contributed by atoms with Gasteiger partial charge in [-0.15, -0.1) is 0 Å². The molecule has 1 fully saturated rings. The summed E-state index contributed by atoms with van der Waals surface area (Å²) in [6, 6.07) is 5.25. The standard InChI is InChI=1S/C16H16N2O7S/c1-8-3-5-10(6-4-8)12(19)17-11-13(20)18-14(25-16(21)22)9(2)7-26(23,24)15(11)18/h3-6,11,15H,7H2,1-2H3,(H,17,19)(H,21,22)/t11?,15-/m0/s1. The zero-order chi connectivity index (χ0) is 19.2. The first-order valence-corrected chi connectivity index (χ1v) is 9.36. The van der Waals surface area contributed by atoms with Crippen LogP contribution in [-0.2, 0) is 19.4 Å². The summed E-state index contributed by atoms with van der Waals surface area (Å²) in [5.74, 6) is -2.11. The summed E-state index contributed by atoms with van der Waals surface area (Å²) in [7, 11) is -3.80. The summed E-state index contributed by atoms with van der Waals surface area (Å²) >= 11 is 0. The zero-order valence-corrected chi connectivity index (χ0v) is 14.7. The predicted molar refractivity (Wildman–Crippen MR) is 88.7 cm³/mol. The Labute approximate surface area is 149 Å². The lowest BCUT2D eigenvalue weighted by atomic mass is 10.1. The number of β-lactam (4-membered cyclic amide) rings is 1. The van der Waals surface area contributed by atoms with Gasteiger partial charge in [-0.1, -0.05) is 17.7 Å². The van der Waals surface area contributed by atoms with E-state index in [-0.39, 0.29) is 17.0 Å². The Morgan fingerprint density at radius 3 is 2.42 bits per heavy atom. The van der Waals surface area contributed by atoms with Crippen molar-refractivity contribution < 1.29 is 32.6 Å². The number of benzene rings is 1. The van der Waals surface area contributed by atoms with Crippen molar-refractivity contribution in [2.45, 2.75) is 25.3 Å². The maximum Gasteiger partial charge on any atom is 0.512 e. The Balaban J connectivity index is 1.86. The van der Waals surface area contributed by atoms with Gasteiger partial charge in [-0.3, -0.25) is 14.5 Å². The van der Waals surface area contributed by atoms with Crippen LogP contribution >= 0.6 is 0 Å². The Morgan fingerprint density at radius 1 is 1.23 bits per heavy atom. The molecule has 2 aliphatic rings. The average molecular weight is 380 g/mol. The molecule has 1 saturated heterocycles. The number of ether oxygens (including phenoxy) is 1. The third-order valence-electron chi connectivity index (χ3n) is 4.20. The van der Waals surface area contributed by atoms with E-state index >= 15 is 0 Å². The van der Waals surface area contributed by atoms with Crippen LogP contribution in [0.15, 0.2) is 35.7 Å². The van der Waals surface area contributed by atoms with Gasteiger partial charge in [-0.05, 0) is 26.0 Å². The van der Waals surface area contributed by atoms with Gasteiger partial charge >= 0.3 is 6.16 Å². The molecule has 2 atom stereocenters. The minimum atomic E-state index is -3.80. The molecule has 2 aliphatic heterocycles. The summed E-state index contributed by atoms with van der Waals surface area (Å²) < 4.78 is 29.4. The van der Waals surface area contributed by atoms with Crippen LogP contribution in [0, 0.1) is 6.92 Å². The second-order valence-electron chi connectivity index (χ2n) is 6.18. The Bertz CT molecular complexity index is 934. The molecule has 0 aromatic heterocycles. The highest BCUT2D eigenvalue weighted by molar-refractivity contribution is 7.92. The van der Waals surface area contributed by atoms with E-state index in [2.05, 4.69) is 10.1 Å². The predicted octanol–water partition coefficient (Wildman–Crippen LogP) is 0.616. The monoisotopic (exact) mass is 380 g/mol. The smallest absolute Gasteiger partial charge is 0.449 e. The van der Waals surface area contributed by atoms with Gasteiger partial charge in [0.15, 0.2) is 15.2 Å². The highest BCUT2D eigenvalue weighted by Gasteiger charge is 2.60.